The van der Waals surface area contributed by atoms with Crippen LogP contribution >= 0.6 is 11.3 Å². The van der Waals surface area contributed by atoms with Crippen LogP contribution in [-0.4, -0.2) is 0 Å². The molecule has 1 aromatic heterocycles. The smallest absolute Gasteiger partial charge is 0.149 e. The van der Waals surface area contributed by atoms with E-state index in [0.29, 0.717) is 5.69 Å². The third-order valence-corrected chi connectivity index (χ3v) is 3.41. The summed E-state index contributed by atoms with van der Waals surface area (Å²) in [7, 11) is 0. The minimum absolute atomic E-state index is 0.346. The third kappa shape index (κ3) is 2.63. The van der Waals surface area contributed by atoms with Gasteiger partial charge in [-0.1, -0.05) is 12.1 Å². The normalized spacial score (nSPS) is 11.8. The number of rotatable bonds is 3. The van der Waals surface area contributed by atoms with Gasteiger partial charge in [0.25, 0.3) is 0 Å². The molecule has 1 aromatic carbocycles. The predicted molar refractivity (Wildman–Crippen MR) is 67.4 cm³/mol. The molecular weight excluding hydrogens is 235 g/mol. The van der Waals surface area contributed by atoms with Crippen molar-refractivity contribution < 1.29 is 4.39 Å². The number of thiophene rings is 1. The van der Waals surface area contributed by atoms with Crippen molar-refractivity contribution in [3.05, 3.63) is 52.0 Å². The molecule has 0 saturated heterocycles. The Hall–Kier alpha value is -1.86. The molecule has 17 heavy (non-hydrogen) atoms. The van der Waals surface area contributed by atoms with Gasteiger partial charge in [-0.3, -0.25) is 0 Å². The molecule has 0 radical (unpaired) electrons. The van der Waals surface area contributed by atoms with Crippen molar-refractivity contribution in [2.75, 3.05) is 5.32 Å². The van der Waals surface area contributed by atoms with Gasteiger partial charge in [0.2, 0.25) is 0 Å². The Bertz CT molecular complexity index is 557. The van der Waals surface area contributed by atoms with E-state index in [1.807, 2.05) is 19.1 Å². The fourth-order valence-corrected chi connectivity index (χ4v) is 2.38. The van der Waals surface area contributed by atoms with Crippen LogP contribution in [0.1, 0.15) is 15.8 Å². The van der Waals surface area contributed by atoms with Crippen molar-refractivity contribution in [2.24, 2.45) is 0 Å². The van der Waals surface area contributed by atoms with E-state index in [1.165, 1.54) is 17.4 Å². The lowest BCUT2D eigenvalue weighted by Crippen LogP contribution is -2.07. The van der Waals surface area contributed by atoms with E-state index in [1.54, 1.807) is 18.2 Å². The molecule has 0 saturated carbocycles. The van der Waals surface area contributed by atoms with Gasteiger partial charge in [-0.2, -0.15) is 5.26 Å². The molecule has 86 valence electrons. The highest BCUT2D eigenvalue weighted by atomic mass is 32.1. The van der Waals surface area contributed by atoms with Gasteiger partial charge in [0.15, 0.2) is 0 Å². The second-order valence-corrected chi connectivity index (χ2v) is 4.95. The number of hydrogen-bond acceptors (Lipinski definition) is 3. The first-order valence-corrected chi connectivity index (χ1v) is 5.99. The van der Waals surface area contributed by atoms with E-state index in [4.69, 9.17) is 5.26 Å². The molecule has 2 aromatic rings. The fourth-order valence-electron chi connectivity index (χ4n) is 1.51. The summed E-state index contributed by atoms with van der Waals surface area (Å²) in [6, 6.07) is 11.8. The Morgan fingerprint density at radius 3 is 2.65 bits per heavy atom. The first-order chi connectivity index (χ1) is 8.20. The first-order valence-electron chi connectivity index (χ1n) is 5.17. The van der Waals surface area contributed by atoms with E-state index in [2.05, 4.69) is 11.4 Å². The van der Waals surface area contributed by atoms with Gasteiger partial charge in [0.1, 0.15) is 11.9 Å². The lowest BCUT2D eigenvalue weighted by molar-refractivity contribution is 0.629. The van der Waals surface area contributed by atoms with Crippen LogP contribution in [0, 0.1) is 24.1 Å². The minimum Gasteiger partial charge on any atom is -0.363 e. The Morgan fingerprint density at radius 2 is 2.06 bits per heavy atom. The topological polar surface area (TPSA) is 35.8 Å². The highest BCUT2D eigenvalue weighted by Gasteiger charge is 2.13. The zero-order valence-electron chi connectivity index (χ0n) is 9.27. The van der Waals surface area contributed by atoms with E-state index < -0.39 is 6.04 Å². The van der Waals surface area contributed by atoms with E-state index in [-0.39, 0.29) is 5.82 Å². The molecule has 0 aliphatic heterocycles. The number of nitriles is 1. The van der Waals surface area contributed by atoms with Crippen LogP contribution in [0.3, 0.4) is 0 Å². The van der Waals surface area contributed by atoms with Gasteiger partial charge in [0.05, 0.1) is 11.8 Å². The molecule has 1 unspecified atom stereocenters. The van der Waals surface area contributed by atoms with Gasteiger partial charge in [-0.25, -0.2) is 4.39 Å². The van der Waals surface area contributed by atoms with Crippen LogP contribution < -0.4 is 5.32 Å². The Labute approximate surface area is 103 Å². The molecule has 2 rings (SSSR count). The molecule has 0 fully saturated rings. The summed E-state index contributed by atoms with van der Waals surface area (Å²) in [5.41, 5.74) is 0.352. The van der Waals surface area contributed by atoms with Gasteiger partial charge < -0.3 is 5.32 Å². The van der Waals surface area contributed by atoms with Gasteiger partial charge in [-0.15, -0.1) is 11.3 Å². The molecule has 4 heteroatoms. The highest BCUT2D eigenvalue weighted by Crippen LogP contribution is 2.26. The minimum atomic E-state index is -0.509. The molecule has 1 heterocycles. The molecule has 0 bridgehead atoms. The SMILES string of the molecule is Cc1ccc(C(C#N)Nc2ccccc2F)s1. The Balaban J connectivity index is 2.22. The van der Waals surface area contributed by atoms with Crippen molar-refractivity contribution >= 4 is 17.0 Å². The Morgan fingerprint density at radius 1 is 1.29 bits per heavy atom. The number of nitrogens with zero attached hydrogens (tertiary/aromatic N) is 1. The van der Waals surface area contributed by atoms with Crippen molar-refractivity contribution in [1.29, 1.82) is 5.26 Å². The zero-order chi connectivity index (χ0) is 12.3. The van der Waals surface area contributed by atoms with Crippen LogP contribution in [-0.2, 0) is 0 Å². The third-order valence-electron chi connectivity index (χ3n) is 2.35. The summed E-state index contributed by atoms with van der Waals surface area (Å²) >= 11 is 1.54. The summed E-state index contributed by atoms with van der Waals surface area (Å²) < 4.78 is 13.4. The average molecular weight is 246 g/mol. The number of hydrogen-bond donors (Lipinski definition) is 1. The van der Waals surface area contributed by atoms with Crippen LogP contribution in [0.25, 0.3) is 0 Å². The van der Waals surface area contributed by atoms with Crippen molar-refractivity contribution in [2.45, 2.75) is 13.0 Å². The number of para-hydroxylation sites is 1. The average Bonchev–Trinajstić information content (AvgIpc) is 2.75. The summed E-state index contributed by atoms with van der Waals surface area (Å²) in [5, 5.41) is 12.0. The second-order valence-electron chi connectivity index (χ2n) is 3.63. The monoisotopic (exact) mass is 246 g/mol. The molecule has 0 spiro atoms. The largest absolute Gasteiger partial charge is 0.363 e. The maximum absolute atomic E-state index is 13.4. The summed E-state index contributed by atoms with van der Waals surface area (Å²) in [5.74, 6) is -0.346. The summed E-state index contributed by atoms with van der Waals surface area (Å²) in [4.78, 5) is 2.03. The van der Waals surface area contributed by atoms with Crippen molar-refractivity contribution in [3.8, 4) is 6.07 Å². The van der Waals surface area contributed by atoms with Crippen molar-refractivity contribution in [1.82, 2.24) is 0 Å². The Kier molecular flexibility index (Phi) is 3.40. The lowest BCUT2D eigenvalue weighted by atomic mass is 10.2. The van der Waals surface area contributed by atoms with Crippen LogP contribution in [0.2, 0.25) is 0 Å². The first kappa shape index (κ1) is 11.6. The maximum atomic E-state index is 13.4. The van der Waals surface area contributed by atoms with Gasteiger partial charge in [0, 0.05) is 9.75 Å². The van der Waals surface area contributed by atoms with Crippen LogP contribution in [0.15, 0.2) is 36.4 Å². The van der Waals surface area contributed by atoms with E-state index >= 15 is 0 Å². The summed E-state index contributed by atoms with van der Waals surface area (Å²) in [6.45, 7) is 1.98. The molecule has 0 aliphatic rings. The van der Waals surface area contributed by atoms with E-state index in [0.717, 1.165) is 9.75 Å². The molecule has 2 nitrogen and oxygen atoms in total. The van der Waals surface area contributed by atoms with Crippen LogP contribution in [0.5, 0.6) is 0 Å². The summed E-state index contributed by atoms with van der Waals surface area (Å²) in [6.07, 6.45) is 0. The zero-order valence-corrected chi connectivity index (χ0v) is 10.1. The number of aryl methyl sites for hydroxylation is 1. The number of benzene rings is 1. The van der Waals surface area contributed by atoms with Gasteiger partial charge >= 0.3 is 0 Å². The standard InChI is InChI=1S/C13H11FN2S/c1-9-6-7-13(17-9)12(8-15)16-11-5-3-2-4-10(11)14/h2-7,12,16H,1H3. The fraction of sp³-hybridized carbons (Fsp3) is 0.154. The molecule has 0 amide bonds. The number of anilines is 1. The number of halogens is 1. The highest BCUT2D eigenvalue weighted by molar-refractivity contribution is 7.12. The molecule has 1 N–H and O–H groups in total. The van der Waals surface area contributed by atoms with Crippen LogP contribution in [0.4, 0.5) is 10.1 Å². The molecule has 1 atom stereocenters. The lowest BCUT2D eigenvalue weighted by Gasteiger charge is -2.11. The maximum Gasteiger partial charge on any atom is 0.149 e. The predicted octanol–water partition coefficient (Wildman–Crippen LogP) is 3.87. The molecular formula is C13H11FN2S. The number of nitrogens with one attached hydrogen (secondary N) is 1. The van der Waals surface area contributed by atoms with E-state index in [9.17, 15) is 4.39 Å². The molecule has 0 aliphatic carbocycles. The quantitative estimate of drug-likeness (QED) is 0.892. The second kappa shape index (κ2) is 4.98. The van der Waals surface area contributed by atoms with Crippen molar-refractivity contribution in [3.63, 3.8) is 0 Å². The van der Waals surface area contributed by atoms with Gasteiger partial charge in [-0.05, 0) is 31.2 Å².